The highest BCUT2D eigenvalue weighted by molar-refractivity contribution is 7.80. The van der Waals surface area contributed by atoms with Crippen LogP contribution in [-0.4, -0.2) is 27.1 Å². The number of nitrogens with one attached hydrogen (secondary N) is 2. The first-order valence-corrected chi connectivity index (χ1v) is 6.89. The van der Waals surface area contributed by atoms with Crippen molar-refractivity contribution in [2.45, 2.75) is 6.42 Å². The topological polar surface area (TPSA) is 62.8 Å². The van der Waals surface area contributed by atoms with Crippen LogP contribution in [0.4, 0.5) is 5.69 Å². The number of aromatic nitrogens is 3. The number of methoxy groups -OCH3 is 1. The van der Waals surface area contributed by atoms with Crippen LogP contribution in [0.25, 0.3) is 11.2 Å². The smallest absolute Gasteiger partial charge is 0.177 e. The first-order chi connectivity index (χ1) is 10.2. The molecule has 6 heteroatoms. The monoisotopic (exact) mass is 298 g/mol. The minimum atomic E-state index is 0.539. The van der Waals surface area contributed by atoms with E-state index in [1.807, 2.05) is 36.4 Å². The summed E-state index contributed by atoms with van der Waals surface area (Å²) < 4.78 is 5.12. The van der Waals surface area contributed by atoms with Crippen molar-refractivity contribution in [2.24, 2.45) is 0 Å². The van der Waals surface area contributed by atoms with Crippen molar-refractivity contribution in [3.63, 3.8) is 0 Å². The summed E-state index contributed by atoms with van der Waals surface area (Å²) in [7, 11) is 1.64. The second-order valence-corrected chi connectivity index (χ2v) is 5.00. The Balaban J connectivity index is 1.67. The molecule has 0 saturated heterocycles. The summed E-state index contributed by atoms with van der Waals surface area (Å²) >= 11 is 5.36. The molecule has 106 valence electrons. The number of hydrogen-bond acceptors (Lipinski definition) is 4. The lowest BCUT2D eigenvalue weighted by atomic mass is 10.3. The summed E-state index contributed by atoms with van der Waals surface area (Å²) in [5.41, 5.74) is 2.55. The van der Waals surface area contributed by atoms with Gasteiger partial charge in [0.05, 0.1) is 24.0 Å². The van der Waals surface area contributed by atoms with Crippen LogP contribution in [0, 0.1) is 0 Å². The maximum Gasteiger partial charge on any atom is 0.177 e. The van der Waals surface area contributed by atoms with Crippen LogP contribution in [0.2, 0.25) is 0 Å². The molecule has 0 aliphatic carbocycles. The van der Waals surface area contributed by atoms with Crippen molar-refractivity contribution in [2.75, 3.05) is 12.4 Å². The average molecular weight is 298 g/mol. The predicted octanol–water partition coefficient (Wildman–Crippen LogP) is 2.95. The van der Waals surface area contributed by atoms with Crippen molar-refractivity contribution in [1.82, 2.24) is 15.0 Å². The van der Waals surface area contributed by atoms with E-state index in [0.29, 0.717) is 17.1 Å². The molecule has 0 saturated carbocycles. The van der Waals surface area contributed by atoms with Gasteiger partial charge in [0.25, 0.3) is 0 Å². The highest BCUT2D eigenvalue weighted by atomic mass is 32.1. The third-order valence-corrected chi connectivity index (χ3v) is 3.25. The number of fused-ring (bicyclic) bond motifs is 1. The summed E-state index contributed by atoms with van der Waals surface area (Å²) in [4.78, 5) is 12.5. The van der Waals surface area contributed by atoms with Crippen LogP contribution in [0.5, 0.6) is 5.75 Å². The highest BCUT2D eigenvalue weighted by Gasteiger charge is 2.06. The second-order valence-electron chi connectivity index (χ2n) is 4.51. The molecule has 0 radical (unpaired) electrons. The SMILES string of the molecule is COc1ccc(NC(=S)Cc2nc3ncccc3[nH]2)cc1. The van der Waals surface area contributed by atoms with E-state index in [-0.39, 0.29) is 0 Å². The first kappa shape index (κ1) is 13.5. The van der Waals surface area contributed by atoms with E-state index in [1.165, 1.54) is 0 Å². The minimum absolute atomic E-state index is 0.539. The van der Waals surface area contributed by atoms with E-state index >= 15 is 0 Å². The fourth-order valence-corrected chi connectivity index (χ4v) is 2.26. The van der Waals surface area contributed by atoms with Crippen molar-refractivity contribution in [3.8, 4) is 5.75 Å². The van der Waals surface area contributed by atoms with Crippen LogP contribution >= 0.6 is 12.2 Å². The highest BCUT2D eigenvalue weighted by Crippen LogP contribution is 2.15. The summed E-state index contributed by atoms with van der Waals surface area (Å²) in [6, 6.07) is 11.4. The average Bonchev–Trinajstić information content (AvgIpc) is 2.90. The number of thiocarbonyl (C=S) groups is 1. The number of H-pyrrole nitrogens is 1. The van der Waals surface area contributed by atoms with Crippen LogP contribution in [-0.2, 0) is 6.42 Å². The summed E-state index contributed by atoms with van der Waals surface area (Å²) in [5, 5.41) is 3.18. The molecule has 3 aromatic rings. The largest absolute Gasteiger partial charge is 0.497 e. The summed E-state index contributed by atoms with van der Waals surface area (Å²) in [6.07, 6.45) is 2.26. The number of anilines is 1. The molecular weight excluding hydrogens is 284 g/mol. The zero-order valence-corrected chi connectivity index (χ0v) is 12.3. The molecule has 0 atom stereocenters. The molecule has 21 heavy (non-hydrogen) atoms. The van der Waals surface area contributed by atoms with Crippen molar-refractivity contribution in [1.29, 1.82) is 0 Å². The van der Waals surface area contributed by atoms with Gasteiger partial charge in [-0.1, -0.05) is 12.2 Å². The molecule has 1 aromatic carbocycles. The molecule has 2 aromatic heterocycles. The molecule has 2 N–H and O–H groups in total. The van der Waals surface area contributed by atoms with Crippen LogP contribution in [0.15, 0.2) is 42.6 Å². The third kappa shape index (κ3) is 3.17. The lowest BCUT2D eigenvalue weighted by molar-refractivity contribution is 0.415. The van der Waals surface area contributed by atoms with Crippen molar-refractivity contribution >= 4 is 34.1 Å². The number of hydrogen-bond donors (Lipinski definition) is 2. The molecule has 0 aliphatic rings. The van der Waals surface area contributed by atoms with Crippen molar-refractivity contribution < 1.29 is 4.74 Å². The Morgan fingerprint density at radius 3 is 2.81 bits per heavy atom. The second kappa shape index (κ2) is 5.88. The van der Waals surface area contributed by atoms with Gasteiger partial charge in [-0.15, -0.1) is 0 Å². The van der Waals surface area contributed by atoms with Gasteiger partial charge in [-0.05, 0) is 36.4 Å². The molecule has 0 aliphatic heterocycles. The molecule has 3 rings (SSSR count). The minimum Gasteiger partial charge on any atom is -0.497 e. The zero-order valence-electron chi connectivity index (χ0n) is 11.5. The van der Waals surface area contributed by atoms with Gasteiger partial charge in [-0.25, -0.2) is 9.97 Å². The van der Waals surface area contributed by atoms with Gasteiger partial charge in [-0.3, -0.25) is 0 Å². The first-order valence-electron chi connectivity index (χ1n) is 6.48. The van der Waals surface area contributed by atoms with E-state index in [2.05, 4.69) is 20.3 Å². The number of pyridine rings is 1. The van der Waals surface area contributed by atoms with Crippen LogP contribution in [0.3, 0.4) is 0 Å². The molecule has 0 amide bonds. The third-order valence-electron chi connectivity index (χ3n) is 3.01. The van der Waals surface area contributed by atoms with Crippen molar-refractivity contribution in [3.05, 3.63) is 48.4 Å². The number of aromatic amines is 1. The number of nitrogens with zero attached hydrogens (tertiary/aromatic N) is 2. The number of benzene rings is 1. The standard InChI is InChI=1S/C15H14N4OS/c1-20-11-6-4-10(5-7-11)17-14(21)9-13-18-12-3-2-8-16-15(12)19-13/h2-8H,9H2,1H3,(H,17,21)(H,16,18,19). The summed E-state index contributed by atoms with van der Waals surface area (Å²) in [5.74, 6) is 1.62. The molecule has 2 heterocycles. The molecule has 0 unspecified atom stereocenters. The molecule has 0 fully saturated rings. The fraction of sp³-hybridized carbons (Fsp3) is 0.133. The Hall–Kier alpha value is -2.47. The number of imidazole rings is 1. The molecule has 0 bridgehead atoms. The van der Waals surface area contributed by atoms with E-state index in [4.69, 9.17) is 17.0 Å². The van der Waals surface area contributed by atoms with Gasteiger partial charge >= 0.3 is 0 Å². The maximum absolute atomic E-state index is 5.36. The fourth-order valence-electron chi connectivity index (χ4n) is 2.01. The van der Waals surface area contributed by atoms with Crippen LogP contribution < -0.4 is 10.1 Å². The number of ether oxygens (including phenoxy) is 1. The summed E-state index contributed by atoms with van der Waals surface area (Å²) in [6.45, 7) is 0. The van der Waals surface area contributed by atoms with E-state index in [9.17, 15) is 0 Å². The van der Waals surface area contributed by atoms with E-state index in [0.717, 1.165) is 22.8 Å². The Labute approximate surface area is 127 Å². The van der Waals surface area contributed by atoms with Gasteiger partial charge in [0.15, 0.2) is 5.65 Å². The molecule has 5 nitrogen and oxygen atoms in total. The Morgan fingerprint density at radius 2 is 2.10 bits per heavy atom. The van der Waals surface area contributed by atoms with Crippen LogP contribution in [0.1, 0.15) is 5.82 Å². The molecule has 0 spiro atoms. The lowest BCUT2D eigenvalue weighted by Crippen LogP contribution is -2.12. The van der Waals surface area contributed by atoms with Gasteiger partial charge in [0, 0.05) is 11.9 Å². The van der Waals surface area contributed by atoms with Gasteiger partial charge in [-0.2, -0.15) is 0 Å². The predicted molar refractivity (Wildman–Crippen MR) is 86.8 cm³/mol. The van der Waals surface area contributed by atoms with E-state index < -0.39 is 0 Å². The van der Waals surface area contributed by atoms with Gasteiger partial charge in [0.2, 0.25) is 0 Å². The van der Waals surface area contributed by atoms with Gasteiger partial charge < -0.3 is 15.0 Å². The Morgan fingerprint density at radius 1 is 1.29 bits per heavy atom. The Kier molecular flexibility index (Phi) is 3.79. The normalized spacial score (nSPS) is 10.5. The zero-order chi connectivity index (χ0) is 14.7. The van der Waals surface area contributed by atoms with E-state index in [1.54, 1.807) is 13.3 Å². The quantitative estimate of drug-likeness (QED) is 0.725. The molecular formula is C15H14N4OS. The lowest BCUT2D eigenvalue weighted by Gasteiger charge is -2.07. The number of rotatable bonds is 4. The Bertz CT molecular complexity index is 734. The van der Waals surface area contributed by atoms with Gasteiger partial charge in [0.1, 0.15) is 11.6 Å². The maximum atomic E-state index is 5.36.